The van der Waals surface area contributed by atoms with Crippen molar-refractivity contribution in [3.8, 4) is 5.75 Å². The van der Waals surface area contributed by atoms with E-state index in [1.165, 1.54) is 26.0 Å². The van der Waals surface area contributed by atoms with Crippen LogP contribution in [0.25, 0.3) is 0 Å². The summed E-state index contributed by atoms with van der Waals surface area (Å²) in [6.07, 6.45) is -0.217. The summed E-state index contributed by atoms with van der Waals surface area (Å²) in [5.41, 5.74) is -0.445. The van der Waals surface area contributed by atoms with Crippen molar-refractivity contribution < 1.29 is 29.3 Å². The van der Waals surface area contributed by atoms with E-state index in [4.69, 9.17) is 14.6 Å². The highest BCUT2D eigenvalue weighted by Crippen LogP contribution is 2.34. The highest BCUT2D eigenvalue weighted by Gasteiger charge is 2.39. The number of aromatic carboxylic acids is 1. The topological polar surface area (TPSA) is 93.1 Å². The van der Waals surface area contributed by atoms with Gasteiger partial charge in [-0.05, 0) is 30.7 Å². The maximum atomic E-state index is 10.9. The van der Waals surface area contributed by atoms with Gasteiger partial charge in [0.25, 0.3) is 0 Å². The number of benzene rings is 1. The Balaban J connectivity index is 2.12. The van der Waals surface area contributed by atoms with Crippen LogP contribution in [0.4, 0.5) is 0 Å². The number of hydrogen-bond acceptors (Lipinski definition) is 5. The zero-order valence-electron chi connectivity index (χ0n) is 11.3. The number of carbonyl (C=O) groups excluding carboxylic acids is 1. The lowest BCUT2D eigenvalue weighted by Gasteiger charge is -2.28. The van der Waals surface area contributed by atoms with Gasteiger partial charge < -0.3 is 19.7 Å². The second-order valence-electron chi connectivity index (χ2n) is 5.08. The van der Waals surface area contributed by atoms with Crippen LogP contribution in [0.15, 0.2) is 18.2 Å². The van der Waals surface area contributed by atoms with Crippen LogP contribution < -0.4 is 4.74 Å². The molecule has 0 saturated carbocycles. The molecule has 0 aliphatic carbocycles. The number of carboxylic acids is 1. The number of carbonyl (C=O) groups is 2. The molecule has 0 radical (unpaired) electrons. The molecule has 0 spiro atoms. The van der Waals surface area contributed by atoms with Crippen molar-refractivity contribution in [1.29, 1.82) is 0 Å². The molecule has 1 aliphatic heterocycles. The summed E-state index contributed by atoms with van der Waals surface area (Å²) in [4.78, 5) is 21.7. The smallest absolute Gasteiger partial charge is 0.335 e. The molecule has 0 amide bonds. The first-order valence-electron chi connectivity index (χ1n) is 6.18. The maximum Gasteiger partial charge on any atom is 0.335 e. The lowest BCUT2D eigenvalue weighted by Crippen LogP contribution is -2.46. The van der Waals surface area contributed by atoms with Crippen LogP contribution in [-0.4, -0.2) is 40.5 Å². The van der Waals surface area contributed by atoms with Gasteiger partial charge in [0.05, 0.1) is 5.56 Å². The Hall–Kier alpha value is -2.08. The molecule has 2 N–H and O–H groups in total. The number of hydrogen-bond donors (Lipinski definition) is 2. The van der Waals surface area contributed by atoms with Crippen LogP contribution in [0.5, 0.6) is 5.75 Å². The Bertz CT molecular complexity index is 549. The van der Waals surface area contributed by atoms with E-state index in [-0.39, 0.29) is 12.2 Å². The highest BCUT2D eigenvalue weighted by molar-refractivity contribution is 5.88. The van der Waals surface area contributed by atoms with Gasteiger partial charge in [0.2, 0.25) is 0 Å². The minimum absolute atomic E-state index is 0.174. The van der Waals surface area contributed by atoms with E-state index in [0.29, 0.717) is 12.2 Å². The summed E-state index contributed by atoms with van der Waals surface area (Å²) in [5.74, 6) is -0.944. The van der Waals surface area contributed by atoms with Gasteiger partial charge in [-0.25, -0.2) is 4.79 Å². The van der Waals surface area contributed by atoms with E-state index in [0.717, 1.165) is 5.56 Å². The minimum atomic E-state index is -1.34. The lowest BCUT2D eigenvalue weighted by molar-refractivity contribution is -0.153. The number of aliphatic hydroxyl groups is 1. The molecule has 1 aromatic carbocycles. The van der Waals surface area contributed by atoms with Crippen LogP contribution >= 0.6 is 0 Å². The quantitative estimate of drug-likeness (QED) is 0.799. The summed E-state index contributed by atoms with van der Waals surface area (Å²) in [6, 6.07) is 4.55. The average Bonchev–Trinajstić information content (AvgIpc) is 2.80. The molecular formula is C14H16O6. The first-order chi connectivity index (χ1) is 9.29. The first kappa shape index (κ1) is 14.3. The van der Waals surface area contributed by atoms with E-state index < -0.39 is 23.6 Å². The summed E-state index contributed by atoms with van der Waals surface area (Å²) in [6.45, 7) is 2.61. The van der Waals surface area contributed by atoms with E-state index >= 15 is 0 Å². The van der Waals surface area contributed by atoms with Gasteiger partial charge in [0.1, 0.15) is 24.1 Å². The van der Waals surface area contributed by atoms with Crippen LogP contribution in [0.3, 0.4) is 0 Å². The fourth-order valence-corrected chi connectivity index (χ4v) is 2.07. The first-order valence-corrected chi connectivity index (χ1v) is 6.18. The molecule has 6 heteroatoms. The van der Waals surface area contributed by atoms with E-state index in [1.807, 2.05) is 0 Å². The highest BCUT2D eigenvalue weighted by atomic mass is 16.6. The molecule has 1 aromatic rings. The van der Waals surface area contributed by atoms with E-state index in [2.05, 4.69) is 0 Å². The molecule has 0 aromatic heterocycles. The third-order valence-corrected chi connectivity index (χ3v) is 3.24. The molecule has 108 valence electrons. The van der Waals surface area contributed by atoms with Crippen LogP contribution in [0.2, 0.25) is 0 Å². The number of carboxylic acid groups (broad SMARTS) is 1. The minimum Gasteiger partial charge on any atom is -0.487 e. The Morgan fingerprint density at radius 2 is 2.20 bits per heavy atom. The Kier molecular flexibility index (Phi) is 3.67. The molecule has 0 bridgehead atoms. The third-order valence-electron chi connectivity index (χ3n) is 3.24. The normalized spacial score (nSPS) is 19.6. The van der Waals surface area contributed by atoms with Crippen molar-refractivity contribution >= 4 is 11.9 Å². The van der Waals surface area contributed by atoms with Gasteiger partial charge in [-0.3, -0.25) is 4.79 Å². The number of esters is 1. The van der Waals surface area contributed by atoms with Gasteiger partial charge >= 0.3 is 11.9 Å². The van der Waals surface area contributed by atoms with E-state index in [9.17, 15) is 14.7 Å². The van der Waals surface area contributed by atoms with Crippen molar-refractivity contribution in [3.63, 3.8) is 0 Å². The van der Waals surface area contributed by atoms with Crippen molar-refractivity contribution in [3.05, 3.63) is 29.3 Å². The van der Waals surface area contributed by atoms with Gasteiger partial charge in [-0.15, -0.1) is 0 Å². The summed E-state index contributed by atoms with van der Waals surface area (Å²) < 4.78 is 10.4. The predicted octanol–water partition coefficient (Wildman–Crippen LogP) is 1.00. The van der Waals surface area contributed by atoms with Crippen molar-refractivity contribution in [2.24, 2.45) is 0 Å². The molecule has 0 fully saturated rings. The predicted molar refractivity (Wildman–Crippen MR) is 68.8 cm³/mol. The third kappa shape index (κ3) is 2.91. The summed E-state index contributed by atoms with van der Waals surface area (Å²) in [7, 11) is 0. The number of fused-ring (bicyclic) bond motifs is 1. The Morgan fingerprint density at radius 3 is 2.80 bits per heavy atom. The largest absolute Gasteiger partial charge is 0.487 e. The van der Waals surface area contributed by atoms with Gasteiger partial charge in [-0.1, -0.05) is 0 Å². The van der Waals surface area contributed by atoms with Crippen molar-refractivity contribution in [2.75, 3.05) is 6.61 Å². The standard InChI is InChI=1S/C14H16O6/c1-8(15)19-7-14(2,18)12-6-10-5-9(13(16)17)3-4-11(10)20-12/h3-5,12,18H,6-7H2,1-2H3,(H,16,17)/t12-,14+/m0/s1. The molecule has 2 atom stereocenters. The Morgan fingerprint density at radius 1 is 1.50 bits per heavy atom. The monoisotopic (exact) mass is 280 g/mol. The zero-order chi connectivity index (χ0) is 14.9. The average molecular weight is 280 g/mol. The molecule has 20 heavy (non-hydrogen) atoms. The molecule has 1 heterocycles. The number of ether oxygens (including phenoxy) is 2. The number of rotatable bonds is 4. The van der Waals surface area contributed by atoms with Crippen molar-refractivity contribution in [2.45, 2.75) is 32.0 Å². The lowest BCUT2D eigenvalue weighted by atomic mass is 9.95. The molecule has 6 nitrogen and oxygen atoms in total. The fourth-order valence-electron chi connectivity index (χ4n) is 2.07. The van der Waals surface area contributed by atoms with Gasteiger partial charge in [0, 0.05) is 13.3 Å². The molecule has 0 saturated heterocycles. The van der Waals surface area contributed by atoms with E-state index in [1.54, 1.807) is 6.07 Å². The molecule has 2 rings (SSSR count). The fraction of sp³-hybridized carbons (Fsp3) is 0.429. The maximum absolute atomic E-state index is 10.9. The summed E-state index contributed by atoms with van der Waals surface area (Å²) >= 11 is 0. The molecule has 1 aliphatic rings. The second-order valence-corrected chi connectivity index (χ2v) is 5.08. The molecular weight excluding hydrogens is 264 g/mol. The van der Waals surface area contributed by atoms with Crippen LogP contribution in [-0.2, 0) is 16.0 Å². The van der Waals surface area contributed by atoms with Gasteiger partial charge in [-0.2, -0.15) is 0 Å². The second kappa shape index (κ2) is 5.13. The zero-order valence-corrected chi connectivity index (χ0v) is 11.3. The van der Waals surface area contributed by atoms with Crippen molar-refractivity contribution in [1.82, 2.24) is 0 Å². The SMILES string of the molecule is CC(=O)OC[C@@](C)(O)[C@@H]1Cc2cc(C(=O)O)ccc2O1. The van der Waals surface area contributed by atoms with Crippen LogP contribution in [0.1, 0.15) is 29.8 Å². The Labute approximate surface area is 115 Å². The summed E-state index contributed by atoms with van der Waals surface area (Å²) in [5, 5.41) is 19.2. The molecule has 0 unspecified atom stereocenters. The van der Waals surface area contributed by atoms with Gasteiger partial charge in [0.15, 0.2) is 0 Å². The van der Waals surface area contributed by atoms with Crippen LogP contribution in [0, 0.1) is 0 Å².